The van der Waals surface area contributed by atoms with Gasteiger partial charge in [-0.2, -0.15) is 21.6 Å². The number of methoxy groups -OCH3 is 1. The van der Waals surface area contributed by atoms with Crippen molar-refractivity contribution in [3.63, 3.8) is 0 Å². The normalized spacial score (nSPS) is 12.4. The molecule has 0 atom stereocenters. The molecule has 0 radical (unpaired) electrons. The predicted molar refractivity (Wildman–Crippen MR) is 66.7 cm³/mol. The fourth-order valence-electron chi connectivity index (χ4n) is 1.57. The van der Waals surface area contributed by atoms with Gasteiger partial charge in [0, 0.05) is 17.5 Å². The summed E-state index contributed by atoms with van der Waals surface area (Å²) in [6, 6.07) is 4.60. The van der Waals surface area contributed by atoms with E-state index in [1.54, 1.807) is 0 Å². The topological polar surface area (TPSA) is 85.5 Å². The summed E-state index contributed by atoms with van der Waals surface area (Å²) in [4.78, 5) is 13.7. The van der Waals surface area contributed by atoms with E-state index in [0.717, 1.165) is 0 Å². The van der Waals surface area contributed by atoms with Crippen LogP contribution >= 0.6 is 0 Å². The Morgan fingerprint density at radius 1 is 1.19 bits per heavy atom. The van der Waals surface area contributed by atoms with Gasteiger partial charge in [0.15, 0.2) is 5.75 Å². The van der Waals surface area contributed by atoms with Crippen LogP contribution in [0.25, 0.3) is 10.9 Å². The maximum atomic E-state index is 12.3. The molecule has 1 aromatic carbocycles. The van der Waals surface area contributed by atoms with Gasteiger partial charge in [-0.25, -0.2) is 0 Å². The van der Waals surface area contributed by atoms with Crippen molar-refractivity contribution in [2.24, 2.45) is 0 Å². The predicted octanol–water partition coefficient (Wildman–Crippen LogP) is 1.77. The molecular weight excluding hydrogens is 315 g/mol. The Morgan fingerprint density at radius 2 is 1.86 bits per heavy atom. The van der Waals surface area contributed by atoms with Gasteiger partial charge in [-0.1, -0.05) is 0 Å². The summed E-state index contributed by atoms with van der Waals surface area (Å²) in [6.07, 6.45) is 0. The Bertz CT molecular complexity index is 841. The molecule has 0 saturated carbocycles. The number of aromatic nitrogens is 1. The number of rotatable bonds is 3. The highest BCUT2D eigenvalue weighted by atomic mass is 32.2. The van der Waals surface area contributed by atoms with Gasteiger partial charge in [0.05, 0.1) is 12.6 Å². The molecule has 0 aliphatic rings. The first-order valence-electron chi connectivity index (χ1n) is 5.36. The van der Waals surface area contributed by atoms with Crippen LogP contribution in [-0.4, -0.2) is 26.0 Å². The number of hydrogen-bond acceptors (Lipinski definition) is 5. The zero-order valence-corrected chi connectivity index (χ0v) is 11.2. The summed E-state index contributed by atoms with van der Waals surface area (Å²) in [6.45, 7) is 0. The van der Waals surface area contributed by atoms with Crippen molar-refractivity contribution in [1.82, 2.24) is 4.98 Å². The average Bonchev–Trinajstić information content (AvgIpc) is 2.35. The average molecular weight is 323 g/mol. The molecule has 1 heterocycles. The van der Waals surface area contributed by atoms with Gasteiger partial charge in [-0.3, -0.25) is 4.79 Å². The summed E-state index contributed by atoms with van der Waals surface area (Å²) in [7, 11) is -4.50. The minimum absolute atomic E-state index is 0.0109. The highest BCUT2D eigenvalue weighted by Gasteiger charge is 2.48. The lowest BCUT2D eigenvalue weighted by Crippen LogP contribution is -2.28. The highest BCUT2D eigenvalue weighted by molar-refractivity contribution is 7.88. The molecule has 0 bridgehead atoms. The summed E-state index contributed by atoms with van der Waals surface area (Å²) in [5.74, 6) is -0.386. The number of halogens is 3. The molecule has 0 aliphatic heterocycles. The number of fused-ring (bicyclic) bond motifs is 1. The molecule has 0 amide bonds. The van der Waals surface area contributed by atoms with E-state index in [1.807, 2.05) is 0 Å². The van der Waals surface area contributed by atoms with Gasteiger partial charge in [-0.15, -0.1) is 0 Å². The van der Waals surface area contributed by atoms with E-state index in [0.29, 0.717) is 11.8 Å². The Hall–Kier alpha value is -2.23. The summed E-state index contributed by atoms with van der Waals surface area (Å²) in [5.41, 5.74) is -6.33. The number of benzene rings is 1. The van der Waals surface area contributed by atoms with Crippen molar-refractivity contribution in [1.29, 1.82) is 0 Å². The van der Waals surface area contributed by atoms with Crippen LogP contribution in [0.2, 0.25) is 0 Å². The molecule has 21 heavy (non-hydrogen) atoms. The van der Waals surface area contributed by atoms with E-state index in [4.69, 9.17) is 4.74 Å². The second kappa shape index (κ2) is 4.95. The minimum Gasteiger partial charge on any atom is -0.497 e. The summed E-state index contributed by atoms with van der Waals surface area (Å²) in [5, 5.41) is -0.0109. The summed E-state index contributed by atoms with van der Waals surface area (Å²) < 4.78 is 67.9. The fourth-order valence-corrected chi connectivity index (χ4v) is 2.04. The fraction of sp³-hybridized carbons (Fsp3) is 0.182. The quantitative estimate of drug-likeness (QED) is 0.687. The van der Waals surface area contributed by atoms with Crippen molar-refractivity contribution in [3.05, 3.63) is 34.6 Å². The number of pyridine rings is 1. The molecule has 0 saturated heterocycles. The Morgan fingerprint density at radius 3 is 2.43 bits per heavy atom. The SMILES string of the molecule is COc1ccc2c(OS(=O)(=O)C(F)(F)F)cc(=O)[nH]c2c1. The monoisotopic (exact) mass is 323 g/mol. The molecule has 114 valence electrons. The third-order valence-electron chi connectivity index (χ3n) is 2.50. The van der Waals surface area contributed by atoms with Crippen LogP contribution in [0.15, 0.2) is 29.1 Å². The van der Waals surface area contributed by atoms with Crippen LogP contribution in [0.4, 0.5) is 13.2 Å². The molecular formula is C11H8F3NO5S. The zero-order chi connectivity index (χ0) is 15.8. The van der Waals surface area contributed by atoms with Crippen molar-refractivity contribution in [3.8, 4) is 11.5 Å². The van der Waals surface area contributed by atoms with E-state index >= 15 is 0 Å². The molecule has 2 aromatic rings. The van der Waals surface area contributed by atoms with Gasteiger partial charge in [0.25, 0.3) is 5.56 Å². The maximum Gasteiger partial charge on any atom is 0.534 e. The number of alkyl halides is 3. The van der Waals surface area contributed by atoms with Crippen LogP contribution in [0.3, 0.4) is 0 Å². The van der Waals surface area contributed by atoms with Gasteiger partial charge < -0.3 is 13.9 Å². The summed E-state index contributed by atoms with van der Waals surface area (Å²) >= 11 is 0. The van der Waals surface area contributed by atoms with Crippen LogP contribution in [0, 0.1) is 0 Å². The second-order valence-electron chi connectivity index (χ2n) is 3.89. The van der Waals surface area contributed by atoms with Crippen molar-refractivity contribution in [2.75, 3.05) is 7.11 Å². The number of nitrogens with one attached hydrogen (secondary N) is 1. The van der Waals surface area contributed by atoms with E-state index in [2.05, 4.69) is 9.17 Å². The molecule has 1 N–H and O–H groups in total. The number of aromatic amines is 1. The Labute approximate surface area is 116 Å². The van der Waals surface area contributed by atoms with Gasteiger partial charge >= 0.3 is 15.6 Å². The number of ether oxygens (including phenoxy) is 1. The third kappa shape index (κ3) is 2.94. The standard InChI is InChI=1S/C11H8F3NO5S/c1-19-6-2-3-7-8(4-6)15-10(16)5-9(7)20-21(17,18)11(12,13)14/h2-5H,1H3,(H,15,16). The molecule has 10 heteroatoms. The molecule has 0 aliphatic carbocycles. The Kier molecular flexibility index (Phi) is 3.58. The lowest BCUT2D eigenvalue weighted by molar-refractivity contribution is -0.0499. The first-order chi connectivity index (χ1) is 9.64. The highest BCUT2D eigenvalue weighted by Crippen LogP contribution is 2.31. The maximum absolute atomic E-state index is 12.3. The number of H-pyrrole nitrogens is 1. The second-order valence-corrected chi connectivity index (χ2v) is 5.43. The molecule has 1 aromatic heterocycles. The van der Waals surface area contributed by atoms with E-state index < -0.39 is 26.9 Å². The van der Waals surface area contributed by atoms with E-state index in [1.165, 1.54) is 25.3 Å². The molecule has 2 rings (SSSR count). The minimum atomic E-state index is -5.86. The van der Waals surface area contributed by atoms with Gasteiger partial charge in [-0.05, 0) is 12.1 Å². The van der Waals surface area contributed by atoms with Crippen molar-refractivity contribution in [2.45, 2.75) is 5.51 Å². The third-order valence-corrected chi connectivity index (χ3v) is 3.46. The first-order valence-corrected chi connectivity index (χ1v) is 6.77. The molecule has 6 nitrogen and oxygen atoms in total. The molecule has 0 unspecified atom stereocenters. The van der Waals surface area contributed by atoms with Crippen LogP contribution < -0.4 is 14.5 Å². The van der Waals surface area contributed by atoms with Crippen LogP contribution in [0.1, 0.15) is 0 Å². The van der Waals surface area contributed by atoms with E-state index in [-0.39, 0.29) is 10.9 Å². The van der Waals surface area contributed by atoms with Crippen LogP contribution in [-0.2, 0) is 10.1 Å². The largest absolute Gasteiger partial charge is 0.534 e. The zero-order valence-electron chi connectivity index (χ0n) is 10.4. The smallest absolute Gasteiger partial charge is 0.497 e. The van der Waals surface area contributed by atoms with Crippen molar-refractivity contribution >= 4 is 21.0 Å². The van der Waals surface area contributed by atoms with Gasteiger partial charge in [0.2, 0.25) is 0 Å². The molecule has 0 spiro atoms. The lowest BCUT2D eigenvalue weighted by Gasteiger charge is -2.11. The van der Waals surface area contributed by atoms with E-state index in [9.17, 15) is 26.4 Å². The Balaban J connectivity index is 2.62. The molecule has 0 fully saturated rings. The number of hydrogen-bond donors (Lipinski definition) is 1. The van der Waals surface area contributed by atoms with Crippen molar-refractivity contribution < 1.29 is 30.5 Å². The first kappa shape index (κ1) is 15.2. The lowest BCUT2D eigenvalue weighted by atomic mass is 10.2. The van der Waals surface area contributed by atoms with Gasteiger partial charge in [0.1, 0.15) is 5.75 Å². The van der Waals surface area contributed by atoms with Crippen LogP contribution in [0.5, 0.6) is 11.5 Å².